The molecule has 26 heavy (non-hydrogen) atoms. The molecular formula is C16H19FN6O2S. The minimum atomic E-state index is -0.384. The highest BCUT2D eigenvalue weighted by Gasteiger charge is 2.30. The summed E-state index contributed by atoms with van der Waals surface area (Å²) < 4.78 is 14.3. The SMILES string of the molecule is CN(CC(=O)Nc1ccc(F)cc1)C(=O)CSc1nnc(C2CC2)n1N. The second kappa shape index (κ2) is 7.73. The fourth-order valence-corrected chi connectivity index (χ4v) is 3.08. The van der Waals surface area contributed by atoms with Crippen LogP contribution in [0.2, 0.25) is 0 Å². The van der Waals surface area contributed by atoms with Crippen molar-refractivity contribution in [2.24, 2.45) is 0 Å². The van der Waals surface area contributed by atoms with Gasteiger partial charge in [-0.1, -0.05) is 11.8 Å². The van der Waals surface area contributed by atoms with E-state index in [0.29, 0.717) is 16.8 Å². The zero-order valence-electron chi connectivity index (χ0n) is 14.2. The summed E-state index contributed by atoms with van der Waals surface area (Å²) in [5.41, 5.74) is 0.468. The Hall–Kier alpha value is -2.62. The van der Waals surface area contributed by atoms with Gasteiger partial charge in [-0.3, -0.25) is 9.59 Å². The molecule has 3 N–H and O–H groups in total. The second-order valence-corrected chi connectivity index (χ2v) is 7.02. The minimum absolute atomic E-state index is 0.0975. The molecule has 10 heteroatoms. The van der Waals surface area contributed by atoms with Crippen LogP contribution in [0, 0.1) is 5.82 Å². The number of nitrogen functional groups attached to an aromatic ring is 1. The molecule has 0 bridgehead atoms. The molecule has 0 atom stereocenters. The zero-order valence-corrected chi connectivity index (χ0v) is 15.0. The summed E-state index contributed by atoms with van der Waals surface area (Å²) in [6, 6.07) is 5.41. The molecule has 1 fully saturated rings. The first-order valence-electron chi connectivity index (χ1n) is 8.06. The van der Waals surface area contributed by atoms with Gasteiger partial charge >= 0.3 is 0 Å². The Morgan fingerprint density at radius 1 is 1.35 bits per heavy atom. The molecule has 0 spiro atoms. The first kappa shape index (κ1) is 18.2. The van der Waals surface area contributed by atoms with Gasteiger partial charge in [-0.15, -0.1) is 10.2 Å². The molecule has 8 nitrogen and oxygen atoms in total. The van der Waals surface area contributed by atoms with Gasteiger partial charge in [0, 0.05) is 18.7 Å². The molecule has 138 valence electrons. The highest BCUT2D eigenvalue weighted by atomic mass is 32.2. The number of thioether (sulfide) groups is 1. The van der Waals surface area contributed by atoms with Crippen molar-refractivity contribution in [1.29, 1.82) is 0 Å². The summed E-state index contributed by atoms with van der Waals surface area (Å²) in [5, 5.41) is 11.1. The second-order valence-electron chi connectivity index (χ2n) is 6.08. The third kappa shape index (κ3) is 4.51. The number of nitrogens with two attached hydrogens (primary N) is 1. The van der Waals surface area contributed by atoms with E-state index in [2.05, 4.69) is 15.5 Å². The number of rotatable bonds is 7. The van der Waals surface area contributed by atoms with E-state index in [1.807, 2.05) is 0 Å². The molecule has 0 radical (unpaired) electrons. The number of carbonyl (C=O) groups excluding carboxylic acids is 2. The Kier molecular flexibility index (Phi) is 5.40. The van der Waals surface area contributed by atoms with Crippen molar-refractivity contribution in [2.75, 3.05) is 30.5 Å². The maximum Gasteiger partial charge on any atom is 0.243 e. The smallest absolute Gasteiger partial charge is 0.243 e. The molecule has 1 saturated carbocycles. The van der Waals surface area contributed by atoms with E-state index in [1.54, 1.807) is 0 Å². The normalized spacial score (nSPS) is 13.5. The molecule has 1 aromatic heterocycles. The molecule has 1 aromatic carbocycles. The van der Waals surface area contributed by atoms with Gasteiger partial charge in [0.25, 0.3) is 0 Å². The summed E-state index contributed by atoms with van der Waals surface area (Å²) >= 11 is 1.18. The fourth-order valence-electron chi connectivity index (χ4n) is 2.28. The van der Waals surface area contributed by atoms with Crippen LogP contribution in [-0.2, 0) is 9.59 Å². The van der Waals surface area contributed by atoms with Crippen LogP contribution >= 0.6 is 11.8 Å². The van der Waals surface area contributed by atoms with Crippen LogP contribution < -0.4 is 11.2 Å². The van der Waals surface area contributed by atoms with Crippen LogP contribution in [0.1, 0.15) is 24.6 Å². The van der Waals surface area contributed by atoms with E-state index in [9.17, 15) is 14.0 Å². The number of carbonyl (C=O) groups is 2. The number of hydrogen-bond donors (Lipinski definition) is 2. The van der Waals surface area contributed by atoms with Crippen LogP contribution in [-0.4, -0.2) is 50.9 Å². The average Bonchev–Trinajstić information content (AvgIpc) is 3.38. The van der Waals surface area contributed by atoms with E-state index in [-0.39, 0.29) is 29.9 Å². The van der Waals surface area contributed by atoms with Gasteiger partial charge in [0.2, 0.25) is 17.0 Å². The topological polar surface area (TPSA) is 106 Å². The lowest BCUT2D eigenvalue weighted by molar-refractivity contribution is -0.131. The first-order chi connectivity index (χ1) is 12.4. The monoisotopic (exact) mass is 378 g/mol. The van der Waals surface area contributed by atoms with Crippen molar-refractivity contribution in [1.82, 2.24) is 19.8 Å². The molecule has 3 rings (SSSR count). The number of benzene rings is 1. The third-order valence-corrected chi connectivity index (χ3v) is 4.82. The fraction of sp³-hybridized carbons (Fsp3) is 0.375. The molecule has 0 unspecified atom stereocenters. The number of hydrogen-bond acceptors (Lipinski definition) is 6. The molecule has 1 aliphatic rings. The van der Waals surface area contributed by atoms with Crippen molar-refractivity contribution < 1.29 is 14.0 Å². The standard InChI is InChI=1S/C16H19FN6O2S/c1-22(8-13(24)19-12-6-4-11(17)5-7-12)14(25)9-26-16-21-20-15(23(16)18)10-2-3-10/h4-7,10H,2-3,8-9,18H2,1H3,(H,19,24). The Morgan fingerprint density at radius 3 is 2.69 bits per heavy atom. The van der Waals surface area contributed by atoms with E-state index in [1.165, 1.54) is 52.7 Å². The number of likely N-dealkylation sites (N-methyl/N-ethyl adjacent to an activating group) is 1. The molecule has 2 amide bonds. The maximum atomic E-state index is 12.9. The highest BCUT2D eigenvalue weighted by Crippen LogP contribution is 2.39. The van der Waals surface area contributed by atoms with Crippen molar-refractivity contribution in [3.05, 3.63) is 35.9 Å². The molecule has 0 saturated heterocycles. The molecule has 0 aliphatic heterocycles. The summed E-state index contributed by atoms with van der Waals surface area (Å²) in [4.78, 5) is 25.5. The van der Waals surface area contributed by atoms with E-state index >= 15 is 0 Å². The van der Waals surface area contributed by atoms with Gasteiger partial charge in [-0.25, -0.2) is 9.07 Å². The third-order valence-electron chi connectivity index (χ3n) is 3.89. The van der Waals surface area contributed by atoms with Gasteiger partial charge in [0.1, 0.15) is 5.82 Å². The molecule has 2 aromatic rings. The number of nitrogens with zero attached hydrogens (tertiary/aromatic N) is 4. The molecule has 1 heterocycles. The Bertz CT molecular complexity index is 806. The quantitative estimate of drug-likeness (QED) is 0.554. The lowest BCUT2D eigenvalue weighted by Gasteiger charge is -2.16. The maximum absolute atomic E-state index is 12.9. The predicted molar refractivity (Wildman–Crippen MR) is 95.5 cm³/mol. The van der Waals surface area contributed by atoms with Gasteiger partial charge < -0.3 is 16.1 Å². The van der Waals surface area contributed by atoms with E-state index in [0.717, 1.165) is 18.7 Å². The van der Waals surface area contributed by atoms with E-state index < -0.39 is 0 Å². The Morgan fingerprint density at radius 2 is 2.04 bits per heavy atom. The van der Waals surface area contributed by atoms with Crippen LogP contribution in [0.15, 0.2) is 29.4 Å². The Balaban J connectivity index is 1.46. The van der Waals surface area contributed by atoms with Crippen LogP contribution in [0.3, 0.4) is 0 Å². The zero-order chi connectivity index (χ0) is 18.7. The number of amides is 2. The van der Waals surface area contributed by atoms with Crippen LogP contribution in [0.5, 0.6) is 0 Å². The molecule has 1 aliphatic carbocycles. The Labute approximate surface area is 153 Å². The predicted octanol–water partition coefficient (Wildman–Crippen LogP) is 1.20. The number of halogens is 1. The van der Waals surface area contributed by atoms with Crippen molar-refractivity contribution >= 4 is 29.3 Å². The van der Waals surface area contributed by atoms with Gasteiger partial charge in [0.15, 0.2) is 5.82 Å². The summed E-state index contributed by atoms with van der Waals surface area (Å²) in [5.74, 6) is 6.16. The highest BCUT2D eigenvalue weighted by molar-refractivity contribution is 7.99. The largest absolute Gasteiger partial charge is 0.336 e. The minimum Gasteiger partial charge on any atom is -0.336 e. The average molecular weight is 378 g/mol. The van der Waals surface area contributed by atoms with Gasteiger partial charge in [-0.05, 0) is 37.1 Å². The van der Waals surface area contributed by atoms with Crippen molar-refractivity contribution in [3.8, 4) is 0 Å². The first-order valence-corrected chi connectivity index (χ1v) is 9.05. The number of nitrogens with one attached hydrogen (secondary N) is 1. The van der Waals surface area contributed by atoms with Gasteiger partial charge in [-0.2, -0.15) is 0 Å². The summed E-state index contributed by atoms with van der Waals surface area (Å²) in [6.45, 7) is -0.112. The number of aromatic nitrogens is 3. The van der Waals surface area contributed by atoms with Gasteiger partial charge in [0.05, 0.1) is 12.3 Å². The molecular weight excluding hydrogens is 359 g/mol. The summed E-state index contributed by atoms with van der Waals surface area (Å²) in [6.07, 6.45) is 2.12. The number of anilines is 1. The summed E-state index contributed by atoms with van der Waals surface area (Å²) in [7, 11) is 1.54. The van der Waals surface area contributed by atoms with Crippen molar-refractivity contribution in [3.63, 3.8) is 0 Å². The van der Waals surface area contributed by atoms with Crippen molar-refractivity contribution in [2.45, 2.75) is 23.9 Å². The van der Waals surface area contributed by atoms with Crippen LogP contribution in [0.25, 0.3) is 0 Å². The lowest BCUT2D eigenvalue weighted by atomic mass is 10.3. The van der Waals surface area contributed by atoms with E-state index in [4.69, 9.17) is 5.84 Å². The van der Waals surface area contributed by atoms with Crippen LogP contribution in [0.4, 0.5) is 10.1 Å². The lowest BCUT2D eigenvalue weighted by Crippen LogP contribution is -2.36.